The molecule has 0 aliphatic carbocycles. The van der Waals surface area contributed by atoms with Gasteiger partial charge in [0.05, 0.1) is 11.4 Å². The van der Waals surface area contributed by atoms with Crippen LogP contribution in [-0.2, 0) is 0 Å². The summed E-state index contributed by atoms with van der Waals surface area (Å²) in [4.78, 5) is 8.39. The molecule has 3 rings (SSSR count). The topological polar surface area (TPSA) is 42.5 Å². The molecule has 0 bridgehead atoms. The Bertz CT molecular complexity index is 685. The zero-order valence-corrected chi connectivity index (χ0v) is 9.40. The summed E-state index contributed by atoms with van der Waals surface area (Å²) < 4.78 is 1.77. The summed E-state index contributed by atoms with van der Waals surface area (Å²) in [6.45, 7) is 1.91. The van der Waals surface area contributed by atoms with Gasteiger partial charge in [0.25, 0.3) is 0 Å². The predicted molar refractivity (Wildman–Crippen MR) is 63.2 cm³/mol. The zero-order valence-electron chi connectivity index (χ0n) is 8.58. The standard InChI is InChI=1S/C11H8N4S/c1-7-9-10(13-11(16)12-9)15(14-7)8-5-3-2-4-6-8/h2-6H,1H3. The number of nitrogens with zero attached hydrogens (tertiary/aromatic N) is 4. The van der Waals surface area contributed by atoms with E-state index in [-0.39, 0.29) is 0 Å². The fraction of sp³-hybridized carbons (Fsp3) is 0.0909. The van der Waals surface area contributed by atoms with E-state index in [0.29, 0.717) is 5.11 Å². The van der Waals surface area contributed by atoms with Crippen molar-refractivity contribution in [1.82, 2.24) is 9.78 Å². The number of para-hydroxylation sites is 1. The summed E-state index contributed by atoms with van der Waals surface area (Å²) >= 11 is 4.97. The summed E-state index contributed by atoms with van der Waals surface area (Å²) in [7, 11) is 0. The molecule has 4 nitrogen and oxygen atoms in total. The van der Waals surface area contributed by atoms with Gasteiger partial charge in [0.15, 0.2) is 5.49 Å². The van der Waals surface area contributed by atoms with Crippen molar-refractivity contribution in [3.63, 3.8) is 0 Å². The van der Waals surface area contributed by atoms with E-state index >= 15 is 0 Å². The van der Waals surface area contributed by atoms with Crippen LogP contribution in [0.5, 0.6) is 0 Å². The highest BCUT2D eigenvalue weighted by molar-refractivity contribution is 7.80. The highest BCUT2D eigenvalue weighted by Gasteiger charge is 2.12. The predicted octanol–water partition coefficient (Wildman–Crippen LogP) is 0.718. The smallest absolute Gasteiger partial charge is 0.213 e. The summed E-state index contributed by atoms with van der Waals surface area (Å²) in [6.07, 6.45) is 0. The van der Waals surface area contributed by atoms with E-state index in [1.807, 2.05) is 37.3 Å². The lowest BCUT2D eigenvalue weighted by molar-refractivity contribution is 0.822. The van der Waals surface area contributed by atoms with E-state index in [9.17, 15) is 0 Å². The van der Waals surface area contributed by atoms with Crippen molar-refractivity contribution in [3.05, 3.63) is 46.9 Å². The molecule has 2 aromatic rings. The first-order valence-corrected chi connectivity index (χ1v) is 5.29. The van der Waals surface area contributed by atoms with Crippen molar-refractivity contribution >= 4 is 17.3 Å². The SMILES string of the molecule is Cc1nn(-c2ccccc2)c2c1=NC(=S)N=2. The Morgan fingerprint density at radius 1 is 1.12 bits per heavy atom. The largest absolute Gasteiger partial charge is 0.222 e. The average molecular weight is 228 g/mol. The molecule has 0 saturated carbocycles. The molecule has 78 valence electrons. The number of hydrogen-bond acceptors (Lipinski definition) is 2. The van der Waals surface area contributed by atoms with Gasteiger partial charge in [0, 0.05) is 0 Å². The number of thiocarbonyl (C=S) groups is 1. The Labute approximate surface area is 97.0 Å². The molecule has 0 fully saturated rings. The second kappa shape index (κ2) is 3.31. The second-order valence-electron chi connectivity index (χ2n) is 3.51. The van der Waals surface area contributed by atoms with Gasteiger partial charge >= 0.3 is 0 Å². The van der Waals surface area contributed by atoms with Crippen molar-refractivity contribution in [2.24, 2.45) is 9.98 Å². The summed E-state index contributed by atoms with van der Waals surface area (Å²) in [5, 5.41) is 5.57. The zero-order chi connectivity index (χ0) is 11.1. The Kier molecular flexibility index (Phi) is 1.94. The molecule has 0 amide bonds. The van der Waals surface area contributed by atoms with E-state index in [1.165, 1.54) is 0 Å². The summed E-state index contributed by atoms with van der Waals surface area (Å²) in [6, 6.07) is 9.84. The van der Waals surface area contributed by atoms with Crippen molar-refractivity contribution < 1.29 is 0 Å². The Morgan fingerprint density at radius 2 is 1.88 bits per heavy atom. The molecule has 1 aromatic carbocycles. The van der Waals surface area contributed by atoms with Crippen LogP contribution in [0.1, 0.15) is 5.69 Å². The van der Waals surface area contributed by atoms with Gasteiger partial charge in [-0.05, 0) is 31.3 Å². The fourth-order valence-electron chi connectivity index (χ4n) is 1.70. The highest BCUT2D eigenvalue weighted by atomic mass is 32.1. The van der Waals surface area contributed by atoms with Crippen LogP contribution in [0.4, 0.5) is 0 Å². The molecule has 1 aliphatic heterocycles. The van der Waals surface area contributed by atoms with E-state index in [2.05, 4.69) is 15.1 Å². The normalized spacial score (nSPS) is 13.2. The maximum absolute atomic E-state index is 4.97. The van der Waals surface area contributed by atoms with Gasteiger partial charge in [0.2, 0.25) is 5.11 Å². The van der Waals surface area contributed by atoms with E-state index in [4.69, 9.17) is 12.2 Å². The minimum Gasteiger partial charge on any atom is -0.213 e. The molecular weight excluding hydrogens is 220 g/mol. The van der Waals surface area contributed by atoms with E-state index < -0.39 is 0 Å². The van der Waals surface area contributed by atoms with E-state index in [1.54, 1.807) is 4.68 Å². The van der Waals surface area contributed by atoms with Crippen LogP contribution in [0, 0.1) is 6.92 Å². The van der Waals surface area contributed by atoms with Crippen molar-refractivity contribution in [2.75, 3.05) is 0 Å². The van der Waals surface area contributed by atoms with Crippen molar-refractivity contribution in [1.29, 1.82) is 0 Å². The second-order valence-corrected chi connectivity index (χ2v) is 3.88. The molecule has 5 heteroatoms. The number of aromatic nitrogens is 2. The third-order valence-corrected chi connectivity index (χ3v) is 2.60. The quantitative estimate of drug-likeness (QED) is 0.675. The van der Waals surface area contributed by atoms with Gasteiger partial charge in [-0.1, -0.05) is 18.2 Å². The van der Waals surface area contributed by atoms with Crippen LogP contribution in [-0.4, -0.2) is 14.9 Å². The first-order valence-electron chi connectivity index (χ1n) is 4.88. The fourth-order valence-corrected chi connectivity index (χ4v) is 1.88. The van der Waals surface area contributed by atoms with Gasteiger partial charge in [-0.25, -0.2) is 9.67 Å². The van der Waals surface area contributed by atoms with Gasteiger partial charge in [-0.2, -0.15) is 10.1 Å². The van der Waals surface area contributed by atoms with Crippen LogP contribution >= 0.6 is 12.2 Å². The minimum absolute atomic E-state index is 0.375. The summed E-state index contributed by atoms with van der Waals surface area (Å²) in [5.74, 6) is 0. The number of rotatable bonds is 1. The Morgan fingerprint density at radius 3 is 2.62 bits per heavy atom. The lowest BCUT2D eigenvalue weighted by Gasteiger charge is -1.99. The number of hydrogen-bond donors (Lipinski definition) is 0. The monoisotopic (exact) mass is 228 g/mol. The van der Waals surface area contributed by atoms with Crippen molar-refractivity contribution in [2.45, 2.75) is 6.92 Å². The molecule has 0 atom stereocenters. The molecule has 1 aromatic heterocycles. The van der Waals surface area contributed by atoms with Crippen molar-refractivity contribution in [3.8, 4) is 5.69 Å². The number of aryl methyl sites for hydroxylation is 1. The first kappa shape index (κ1) is 9.35. The highest BCUT2D eigenvalue weighted by Crippen LogP contribution is 2.02. The molecule has 0 radical (unpaired) electrons. The van der Waals surface area contributed by atoms with Gasteiger partial charge in [-0.3, -0.25) is 0 Å². The van der Waals surface area contributed by atoms with E-state index in [0.717, 1.165) is 22.2 Å². The van der Waals surface area contributed by atoms with Gasteiger partial charge in [0.1, 0.15) is 5.36 Å². The minimum atomic E-state index is 0.375. The third-order valence-electron chi connectivity index (χ3n) is 2.41. The average Bonchev–Trinajstić information content (AvgIpc) is 2.80. The number of fused-ring (bicyclic) bond motifs is 1. The first-order chi connectivity index (χ1) is 7.75. The molecule has 0 N–H and O–H groups in total. The molecule has 0 spiro atoms. The maximum atomic E-state index is 4.97. The van der Waals surface area contributed by atoms with Gasteiger partial charge < -0.3 is 0 Å². The van der Waals surface area contributed by atoms with Crippen LogP contribution in [0.25, 0.3) is 5.69 Å². The Balaban J connectivity index is 2.35. The Hall–Kier alpha value is -1.88. The molecule has 2 heterocycles. The van der Waals surface area contributed by atoms with Crippen LogP contribution in [0.15, 0.2) is 40.3 Å². The van der Waals surface area contributed by atoms with Gasteiger partial charge in [-0.15, -0.1) is 0 Å². The molecule has 0 unspecified atom stereocenters. The molecule has 0 saturated heterocycles. The third kappa shape index (κ3) is 1.29. The molecular formula is C11H8N4S. The number of benzene rings is 1. The van der Waals surface area contributed by atoms with Crippen LogP contribution in [0.3, 0.4) is 0 Å². The maximum Gasteiger partial charge on any atom is 0.222 e. The van der Waals surface area contributed by atoms with Crippen LogP contribution < -0.4 is 10.8 Å². The van der Waals surface area contributed by atoms with Crippen LogP contribution in [0.2, 0.25) is 0 Å². The molecule has 16 heavy (non-hydrogen) atoms. The lowest BCUT2D eigenvalue weighted by Crippen LogP contribution is -2.26. The molecule has 1 aliphatic rings. The lowest BCUT2D eigenvalue weighted by atomic mass is 10.3. The summed E-state index contributed by atoms with van der Waals surface area (Å²) in [5.41, 5.74) is 2.55.